The smallest absolute Gasteiger partial charge is 0.257 e. The van der Waals surface area contributed by atoms with Crippen LogP contribution in [0.2, 0.25) is 0 Å². The number of hydrogen-bond donors (Lipinski definition) is 1. The summed E-state index contributed by atoms with van der Waals surface area (Å²) >= 11 is 0. The predicted molar refractivity (Wildman–Crippen MR) is 101 cm³/mol. The van der Waals surface area contributed by atoms with Gasteiger partial charge in [-0.25, -0.2) is 0 Å². The van der Waals surface area contributed by atoms with E-state index in [9.17, 15) is 4.79 Å². The van der Waals surface area contributed by atoms with E-state index in [4.69, 9.17) is 9.47 Å². The number of rotatable bonds is 9. The Hall–Kier alpha value is -2.01. The Kier molecular flexibility index (Phi) is 7.79. The Morgan fingerprint density at radius 1 is 1.32 bits per heavy atom. The third-order valence-corrected chi connectivity index (χ3v) is 4.32. The minimum Gasteiger partial charge on any atom is -0.493 e. The second kappa shape index (κ2) is 10.1. The Bertz CT molecular complexity index is 580. The average molecular weight is 346 g/mol. The third kappa shape index (κ3) is 6.42. The van der Waals surface area contributed by atoms with Gasteiger partial charge in [0, 0.05) is 13.1 Å². The van der Waals surface area contributed by atoms with Crippen molar-refractivity contribution in [2.24, 2.45) is 5.92 Å². The number of allylic oxidation sites excluding steroid dienone is 1. The second-order valence-corrected chi connectivity index (χ2v) is 6.62. The lowest BCUT2D eigenvalue weighted by molar-refractivity contribution is -0.123. The number of hydrogen-bond acceptors (Lipinski definition) is 4. The number of carbonyl (C=O) groups excluding carboxylic acids is 1. The summed E-state index contributed by atoms with van der Waals surface area (Å²) < 4.78 is 11.0. The molecule has 25 heavy (non-hydrogen) atoms. The molecule has 1 fully saturated rings. The maximum Gasteiger partial charge on any atom is 0.257 e. The summed E-state index contributed by atoms with van der Waals surface area (Å²) in [5.41, 5.74) is 1.03. The number of nitrogens with zero attached hydrogens (tertiary/aromatic N) is 1. The first-order chi connectivity index (χ1) is 12.1. The molecule has 1 N–H and O–H groups in total. The highest BCUT2D eigenvalue weighted by atomic mass is 16.5. The van der Waals surface area contributed by atoms with Crippen molar-refractivity contribution >= 4 is 12.0 Å². The van der Waals surface area contributed by atoms with Gasteiger partial charge in [-0.2, -0.15) is 0 Å². The minimum atomic E-state index is -0.104. The van der Waals surface area contributed by atoms with Gasteiger partial charge in [0.15, 0.2) is 18.1 Å². The molecule has 0 aliphatic carbocycles. The lowest BCUT2D eigenvalue weighted by Crippen LogP contribution is -2.36. The molecule has 1 atom stereocenters. The van der Waals surface area contributed by atoms with Gasteiger partial charge in [0.1, 0.15) is 0 Å². The van der Waals surface area contributed by atoms with E-state index in [2.05, 4.69) is 17.1 Å². The summed E-state index contributed by atoms with van der Waals surface area (Å²) in [6, 6.07) is 5.66. The number of benzene rings is 1. The lowest BCUT2D eigenvalue weighted by Gasteiger charge is -2.20. The molecule has 1 amide bonds. The molecule has 5 nitrogen and oxygen atoms in total. The maximum absolute atomic E-state index is 12.0. The predicted octanol–water partition coefficient (Wildman–Crippen LogP) is 2.96. The molecule has 1 aromatic rings. The van der Waals surface area contributed by atoms with Gasteiger partial charge in [0.05, 0.1) is 7.11 Å². The fourth-order valence-corrected chi connectivity index (χ4v) is 3.05. The summed E-state index contributed by atoms with van der Waals surface area (Å²) in [6.45, 7) is 8.22. The van der Waals surface area contributed by atoms with Gasteiger partial charge < -0.3 is 19.7 Å². The average Bonchev–Trinajstić information content (AvgIpc) is 3.11. The van der Waals surface area contributed by atoms with E-state index in [1.165, 1.54) is 25.9 Å². The summed E-state index contributed by atoms with van der Waals surface area (Å²) in [5.74, 6) is 1.55. The Labute approximate surface area is 151 Å². The molecule has 1 aliphatic rings. The van der Waals surface area contributed by atoms with Gasteiger partial charge in [0.25, 0.3) is 5.91 Å². The lowest BCUT2D eigenvalue weighted by atomic mass is 10.1. The zero-order valence-electron chi connectivity index (χ0n) is 15.6. The molecule has 5 heteroatoms. The molecular formula is C20H30N2O3. The topological polar surface area (TPSA) is 50.8 Å². The van der Waals surface area contributed by atoms with E-state index >= 15 is 0 Å². The quantitative estimate of drug-likeness (QED) is 0.747. The van der Waals surface area contributed by atoms with Crippen LogP contribution < -0.4 is 14.8 Å². The Balaban J connectivity index is 1.75. The molecule has 2 rings (SSSR count). The van der Waals surface area contributed by atoms with Crippen LogP contribution in [0.3, 0.4) is 0 Å². The van der Waals surface area contributed by atoms with Crippen molar-refractivity contribution in [3.05, 3.63) is 29.8 Å². The first-order valence-electron chi connectivity index (χ1n) is 9.05. The van der Waals surface area contributed by atoms with Crippen LogP contribution in [0, 0.1) is 5.92 Å². The molecule has 0 radical (unpaired) electrons. The minimum absolute atomic E-state index is 0.00421. The Morgan fingerprint density at radius 3 is 2.76 bits per heavy atom. The van der Waals surface area contributed by atoms with Crippen LogP contribution in [0.1, 0.15) is 32.3 Å². The van der Waals surface area contributed by atoms with Crippen molar-refractivity contribution < 1.29 is 14.3 Å². The molecule has 0 aromatic heterocycles. The zero-order chi connectivity index (χ0) is 18.1. The van der Waals surface area contributed by atoms with Gasteiger partial charge >= 0.3 is 0 Å². The highest BCUT2D eigenvalue weighted by Crippen LogP contribution is 2.28. The molecule has 138 valence electrons. The molecule has 0 bridgehead atoms. The van der Waals surface area contributed by atoms with Crippen LogP contribution in [0.4, 0.5) is 0 Å². The number of nitrogens with one attached hydrogen (secondary N) is 1. The maximum atomic E-state index is 12.0. The summed E-state index contributed by atoms with van der Waals surface area (Å²) in [7, 11) is 1.60. The van der Waals surface area contributed by atoms with Crippen LogP contribution in [-0.2, 0) is 4.79 Å². The van der Waals surface area contributed by atoms with Crippen LogP contribution in [0.15, 0.2) is 24.3 Å². The number of likely N-dealkylation sites (tertiary alicyclic amines) is 1. The van der Waals surface area contributed by atoms with Gasteiger partial charge in [0.2, 0.25) is 0 Å². The summed E-state index contributed by atoms with van der Waals surface area (Å²) in [4.78, 5) is 14.5. The fourth-order valence-electron chi connectivity index (χ4n) is 3.05. The van der Waals surface area contributed by atoms with Gasteiger partial charge in [-0.1, -0.05) is 25.1 Å². The first kappa shape index (κ1) is 19.3. The molecule has 0 saturated carbocycles. The van der Waals surface area contributed by atoms with Crippen molar-refractivity contribution in [3.63, 3.8) is 0 Å². The number of ether oxygens (including phenoxy) is 2. The van der Waals surface area contributed by atoms with Gasteiger partial charge in [-0.15, -0.1) is 0 Å². The molecule has 1 saturated heterocycles. The van der Waals surface area contributed by atoms with Crippen molar-refractivity contribution in [2.45, 2.75) is 26.7 Å². The van der Waals surface area contributed by atoms with E-state index in [0.29, 0.717) is 24.0 Å². The Morgan fingerprint density at radius 2 is 2.08 bits per heavy atom. The van der Waals surface area contributed by atoms with Crippen LogP contribution in [0.5, 0.6) is 11.5 Å². The van der Waals surface area contributed by atoms with Crippen LogP contribution in [-0.4, -0.2) is 50.7 Å². The van der Waals surface area contributed by atoms with Crippen molar-refractivity contribution in [1.29, 1.82) is 0 Å². The molecule has 1 aromatic carbocycles. The summed E-state index contributed by atoms with van der Waals surface area (Å²) in [5, 5.41) is 2.95. The van der Waals surface area contributed by atoms with Crippen molar-refractivity contribution in [2.75, 3.05) is 39.9 Å². The normalized spacial score (nSPS) is 16.1. The van der Waals surface area contributed by atoms with E-state index in [1.807, 2.05) is 37.3 Å². The fraction of sp³-hybridized carbons (Fsp3) is 0.550. The standard InChI is InChI=1S/C20H30N2O3/c1-4-7-17-8-9-18(19(12-17)24-3)25-15-20(23)21-13-16(2)14-22-10-5-6-11-22/h4,7-9,12,16H,5-6,10-11,13-15H2,1-3H3,(H,21,23)/b7-4+. The highest BCUT2D eigenvalue weighted by Gasteiger charge is 2.15. The third-order valence-electron chi connectivity index (χ3n) is 4.32. The van der Waals surface area contributed by atoms with Crippen LogP contribution >= 0.6 is 0 Å². The van der Waals surface area contributed by atoms with Crippen LogP contribution in [0.25, 0.3) is 6.08 Å². The van der Waals surface area contributed by atoms with E-state index < -0.39 is 0 Å². The zero-order valence-corrected chi connectivity index (χ0v) is 15.6. The van der Waals surface area contributed by atoms with Gasteiger partial charge in [-0.05, 0) is 56.5 Å². The summed E-state index contributed by atoms with van der Waals surface area (Å²) in [6.07, 6.45) is 6.54. The highest BCUT2D eigenvalue weighted by molar-refractivity contribution is 5.77. The number of carbonyl (C=O) groups is 1. The second-order valence-electron chi connectivity index (χ2n) is 6.62. The number of methoxy groups -OCH3 is 1. The molecule has 1 heterocycles. The van der Waals surface area contributed by atoms with Gasteiger partial charge in [-0.3, -0.25) is 4.79 Å². The largest absolute Gasteiger partial charge is 0.493 e. The van der Waals surface area contributed by atoms with Crippen molar-refractivity contribution in [1.82, 2.24) is 10.2 Å². The molecule has 1 unspecified atom stereocenters. The molecular weight excluding hydrogens is 316 g/mol. The first-order valence-corrected chi connectivity index (χ1v) is 9.05. The van der Waals surface area contributed by atoms with E-state index in [0.717, 1.165) is 12.1 Å². The molecule has 1 aliphatic heterocycles. The SMILES string of the molecule is C/C=C/c1ccc(OCC(=O)NCC(C)CN2CCCC2)c(OC)c1. The monoisotopic (exact) mass is 346 g/mol. The molecule has 0 spiro atoms. The van der Waals surface area contributed by atoms with E-state index in [1.54, 1.807) is 7.11 Å². The van der Waals surface area contributed by atoms with E-state index in [-0.39, 0.29) is 12.5 Å². The van der Waals surface area contributed by atoms with Crippen molar-refractivity contribution in [3.8, 4) is 11.5 Å². The number of amides is 1.